The van der Waals surface area contributed by atoms with Gasteiger partial charge in [0.1, 0.15) is 5.82 Å². The van der Waals surface area contributed by atoms with Crippen LogP contribution in [0.4, 0.5) is 0 Å². The maximum Gasteiger partial charge on any atom is 0.290 e. The van der Waals surface area contributed by atoms with Crippen LogP contribution in [0.15, 0.2) is 0 Å². The number of aromatic amines is 1. The Morgan fingerprint density at radius 2 is 2.20 bits per heavy atom. The predicted molar refractivity (Wildman–Crippen MR) is 57.5 cm³/mol. The average molecular weight is 210 g/mol. The summed E-state index contributed by atoms with van der Waals surface area (Å²) in [4.78, 5) is 15.5. The molecule has 84 valence electrons. The Bertz CT molecular complexity index is 343. The van der Waals surface area contributed by atoms with E-state index in [0.717, 1.165) is 6.42 Å². The quantitative estimate of drug-likeness (QED) is 0.786. The van der Waals surface area contributed by atoms with Crippen LogP contribution in [0.1, 0.15) is 43.6 Å². The summed E-state index contributed by atoms with van der Waals surface area (Å²) in [5, 5.41) is 9.25. The van der Waals surface area contributed by atoms with Crippen LogP contribution in [0.25, 0.3) is 0 Å². The zero-order chi connectivity index (χ0) is 11.5. The summed E-state index contributed by atoms with van der Waals surface area (Å²) in [6, 6.07) is 0. The van der Waals surface area contributed by atoms with Gasteiger partial charge < -0.3 is 5.32 Å². The minimum Gasteiger partial charge on any atom is -0.349 e. The van der Waals surface area contributed by atoms with Crippen LogP contribution < -0.4 is 5.32 Å². The van der Waals surface area contributed by atoms with Crippen molar-refractivity contribution >= 4 is 5.91 Å². The van der Waals surface area contributed by atoms with E-state index in [9.17, 15) is 4.79 Å². The highest BCUT2D eigenvalue weighted by Crippen LogP contribution is 2.17. The first-order valence-electron chi connectivity index (χ1n) is 5.12. The van der Waals surface area contributed by atoms with Gasteiger partial charge in [-0.25, -0.2) is 4.98 Å². The zero-order valence-corrected chi connectivity index (χ0v) is 9.72. The number of aryl methyl sites for hydroxylation is 1. The summed E-state index contributed by atoms with van der Waals surface area (Å²) in [5.41, 5.74) is 0.112. The normalized spacial score (nSPS) is 11.5. The third-order valence-corrected chi connectivity index (χ3v) is 2.48. The molecule has 1 aromatic rings. The molecule has 0 radical (unpaired) electrons. The molecule has 1 amide bonds. The molecule has 0 bridgehead atoms. The van der Waals surface area contributed by atoms with Gasteiger partial charge in [0.05, 0.1) is 0 Å². The minimum absolute atomic E-state index is 0.112. The molecule has 5 heteroatoms. The molecule has 15 heavy (non-hydrogen) atoms. The van der Waals surface area contributed by atoms with Crippen molar-refractivity contribution < 1.29 is 4.79 Å². The monoisotopic (exact) mass is 210 g/mol. The lowest BCUT2D eigenvalue weighted by atomic mass is 9.90. The maximum atomic E-state index is 11.6. The molecule has 5 nitrogen and oxygen atoms in total. The van der Waals surface area contributed by atoms with Crippen molar-refractivity contribution in [1.29, 1.82) is 0 Å². The molecule has 0 aliphatic carbocycles. The summed E-state index contributed by atoms with van der Waals surface area (Å²) < 4.78 is 0. The summed E-state index contributed by atoms with van der Waals surface area (Å²) >= 11 is 0. The second kappa shape index (κ2) is 4.42. The fraction of sp³-hybridized carbons (Fsp3) is 0.700. The summed E-state index contributed by atoms with van der Waals surface area (Å²) in [6.07, 6.45) is 1.01. The third-order valence-electron chi connectivity index (χ3n) is 2.48. The Morgan fingerprint density at radius 1 is 1.53 bits per heavy atom. The lowest BCUT2D eigenvalue weighted by Gasteiger charge is -2.22. The predicted octanol–water partition coefficient (Wildman–Crippen LogP) is 1.28. The molecule has 0 saturated heterocycles. The van der Waals surface area contributed by atoms with Crippen LogP contribution in [0.2, 0.25) is 0 Å². The van der Waals surface area contributed by atoms with Gasteiger partial charge in [-0.05, 0) is 18.8 Å². The number of H-pyrrole nitrogens is 1. The molecule has 0 aliphatic rings. The zero-order valence-electron chi connectivity index (χ0n) is 9.72. The van der Waals surface area contributed by atoms with Gasteiger partial charge in [-0.2, -0.15) is 0 Å². The molecule has 0 aliphatic heterocycles. The second-order valence-corrected chi connectivity index (χ2v) is 4.44. The highest BCUT2D eigenvalue weighted by Gasteiger charge is 2.18. The number of carbonyl (C=O) groups is 1. The Labute approximate surface area is 89.7 Å². The van der Waals surface area contributed by atoms with E-state index >= 15 is 0 Å². The number of nitrogens with zero attached hydrogens (tertiary/aromatic N) is 2. The summed E-state index contributed by atoms with van der Waals surface area (Å²) in [5.74, 6) is 0.634. The fourth-order valence-electron chi connectivity index (χ4n) is 0.968. The van der Waals surface area contributed by atoms with E-state index in [0.29, 0.717) is 12.4 Å². The summed E-state index contributed by atoms with van der Waals surface area (Å²) in [6.45, 7) is 8.71. The maximum absolute atomic E-state index is 11.6. The lowest BCUT2D eigenvalue weighted by molar-refractivity contribution is 0.0925. The Kier molecular flexibility index (Phi) is 3.44. The molecular weight excluding hydrogens is 192 g/mol. The van der Waals surface area contributed by atoms with Gasteiger partial charge in [0.2, 0.25) is 5.82 Å². The number of carbonyl (C=O) groups excluding carboxylic acids is 1. The van der Waals surface area contributed by atoms with Crippen molar-refractivity contribution in [3.8, 4) is 0 Å². The van der Waals surface area contributed by atoms with Crippen LogP contribution in [0.5, 0.6) is 0 Å². The van der Waals surface area contributed by atoms with Gasteiger partial charge in [-0.15, -0.1) is 5.10 Å². The van der Waals surface area contributed by atoms with Gasteiger partial charge in [-0.1, -0.05) is 20.8 Å². The standard InChI is InChI=1S/C10H18N4O/c1-5-10(3,4)6-11-9(15)8-12-7(2)13-14-8/h5-6H2,1-4H3,(H,11,15)(H,12,13,14). The van der Waals surface area contributed by atoms with Crippen LogP contribution >= 0.6 is 0 Å². The molecular formula is C10H18N4O. The topological polar surface area (TPSA) is 70.7 Å². The highest BCUT2D eigenvalue weighted by atomic mass is 16.2. The highest BCUT2D eigenvalue weighted by molar-refractivity contribution is 5.90. The molecule has 2 N–H and O–H groups in total. The van der Waals surface area contributed by atoms with E-state index in [1.54, 1.807) is 6.92 Å². The smallest absolute Gasteiger partial charge is 0.290 e. The Balaban J connectivity index is 2.50. The van der Waals surface area contributed by atoms with Crippen LogP contribution in [0.3, 0.4) is 0 Å². The van der Waals surface area contributed by atoms with Crippen LogP contribution in [0, 0.1) is 12.3 Å². The molecule has 1 heterocycles. The molecule has 0 saturated carbocycles. The van der Waals surface area contributed by atoms with Gasteiger partial charge in [0.25, 0.3) is 5.91 Å². The lowest BCUT2D eigenvalue weighted by Crippen LogP contribution is -2.34. The minimum atomic E-state index is -0.221. The number of amides is 1. The molecule has 0 aromatic carbocycles. The van der Waals surface area contributed by atoms with Crippen LogP contribution in [-0.4, -0.2) is 27.6 Å². The Morgan fingerprint density at radius 3 is 2.67 bits per heavy atom. The first-order chi connectivity index (χ1) is 6.94. The van der Waals surface area contributed by atoms with Crippen molar-refractivity contribution in [2.24, 2.45) is 5.41 Å². The van der Waals surface area contributed by atoms with Crippen molar-refractivity contribution in [2.45, 2.75) is 34.1 Å². The number of hydrogen-bond donors (Lipinski definition) is 2. The first-order valence-corrected chi connectivity index (χ1v) is 5.12. The number of rotatable bonds is 4. The third kappa shape index (κ3) is 3.34. The molecule has 1 rings (SSSR count). The van der Waals surface area contributed by atoms with E-state index in [-0.39, 0.29) is 17.1 Å². The first kappa shape index (κ1) is 11.7. The number of aromatic nitrogens is 3. The molecule has 0 spiro atoms. The fourth-order valence-corrected chi connectivity index (χ4v) is 0.968. The van der Waals surface area contributed by atoms with E-state index < -0.39 is 0 Å². The van der Waals surface area contributed by atoms with E-state index in [1.807, 2.05) is 0 Å². The van der Waals surface area contributed by atoms with Gasteiger partial charge in [-0.3, -0.25) is 9.89 Å². The van der Waals surface area contributed by atoms with E-state index in [2.05, 4.69) is 41.3 Å². The van der Waals surface area contributed by atoms with E-state index in [4.69, 9.17) is 0 Å². The molecule has 0 unspecified atom stereocenters. The summed E-state index contributed by atoms with van der Waals surface area (Å²) in [7, 11) is 0. The van der Waals surface area contributed by atoms with Crippen LogP contribution in [-0.2, 0) is 0 Å². The van der Waals surface area contributed by atoms with Crippen molar-refractivity contribution in [3.05, 3.63) is 11.6 Å². The van der Waals surface area contributed by atoms with Crippen molar-refractivity contribution in [2.75, 3.05) is 6.54 Å². The SMILES string of the molecule is CCC(C)(C)CNC(=O)c1n[nH]c(C)n1. The van der Waals surface area contributed by atoms with Gasteiger partial charge >= 0.3 is 0 Å². The van der Waals surface area contributed by atoms with Crippen molar-refractivity contribution in [3.63, 3.8) is 0 Å². The largest absolute Gasteiger partial charge is 0.349 e. The number of hydrogen-bond acceptors (Lipinski definition) is 3. The van der Waals surface area contributed by atoms with E-state index in [1.165, 1.54) is 0 Å². The molecule has 1 aromatic heterocycles. The van der Waals surface area contributed by atoms with Crippen molar-refractivity contribution in [1.82, 2.24) is 20.5 Å². The number of nitrogens with one attached hydrogen (secondary N) is 2. The molecule has 0 fully saturated rings. The average Bonchev–Trinajstić information content (AvgIpc) is 2.61. The van der Waals surface area contributed by atoms with Gasteiger partial charge in [0.15, 0.2) is 0 Å². The Hall–Kier alpha value is -1.39. The van der Waals surface area contributed by atoms with Gasteiger partial charge in [0, 0.05) is 6.54 Å². The second-order valence-electron chi connectivity index (χ2n) is 4.44. The molecule has 0 atom stereocenters.